The lowest BCUT2D eigenvalue weighted by Gasteiger charge is -2.37. The van der Waals surface area contributed by atoms with Crippen LogP contribution in [-0.4, -0.2) is 72.3 Å². The highest BCUT2D eigenvalue weighted by Crippen LogP contribution is 2.38. The maximum absolute atomic E-state index is 14.5. The largest absolute Gasteiger partial charge is 0.462 e. The summed E-state index contributed by atoms with van der Waals surface area (Å²) in [6, 6.07) is 12.7. The van der Waals surface area contributed by atoms with Gasteiger partial charge in [0.15, 0.2) is 0 Å². The van der Waals surface area contributed by atoms with Crippen molar-refractivity contribution < 1.29 is 9.13 Å². The van der Waals surface area contributed by atoms with Gasteiger partial charge in [-0.25, -0.2) is 4.39 Å². The number of nitriles is 1. The van der Waals surface area contributed by atoms with Crippen LogP contribution < -0.4 is 19.9 Å². The number of rotatable bonds is 7. The lowest BCUT2D eigenvalue weighted by molar-refractivity contribution is 0.138. The highest BCUT2D eigenvalue weighted by molar-refractivity contribution is 6.36. The fourth-order valence-electron chi connectivity index (χ4n) is 6.63. The summed E-state index contributed by atoms with van der Waals surface area (Å²) in [5.74, 6) is 0.487. The Morgan fingerprint density at radius 1 is 1.17 bits per heavy atom. The molecule has 41 heavy (non-hydrogen) atoms. The number of nitrogens with zero attached hydrogens (tertiary/aromatic N) is 6. The summed E-state index contributed by atoms with van der Waals surface area (Å²) >= 11 is 6.49. The van der Waals surface area contributed by atoms with Crippen molar-refractivity contribution in [2.45, 2.75) is 64.2 Å². The minimum absolute atomic E-state index is 0.0923. The van der Waals surface area contributed by atoms with Gasteiger partial charge in [0.1, 0.15) is 18.2 Å². The molecule has 0 bridgehead atoms. The lowest BCUT2D eigenvalue weighted by atomic mass is 10.0. The zero-order chi connectivity index (χ0) is 28.5. The van der Waals surface area contributed by atoms with Crippen LogP contribution in [0.1, 0.15) is 44.4 Å². The first kappa shape index (κ1) is 28.0. The predicted octanol–water partition coefficient (Wildman–Crippen LogP) is 4.93. The van der Waals surface area contributed by atoms with Gasteiger partial charge in [0.25, 0.3) is 0 Å². The first-order chi connectivity index (χ1) is 19.9. The van der Waals surface area contributed by atoms with Crippen LogP contribution in [0.3, 0.4) is 0 Å². The number of ether oxygens (including phenoxy) is 1. The Morgan fingerprint density at radius 3 is 2.88 bits per heavy atom. The van der Waals surface area contributed by atoms with E-state index in [1.54, 1.807) is 6.07 Å². The molecular formula is C31H37ClFN7O. The fourth-order valence-corrected chi connectivity index (χ4v) is 6.90. The zero-order valence-electron chi connectivity index (χ0n) is 23.7. The quantitative estimate of drug-likeness (QED) is 0.423. The number of nitrogens with one attached hydrogen (secondary N) is 1. The molecule has 216 valence electrons. The second kappa shape index (κ2) is 12.0. The monoisotopic (exact) mass is 577 g/mol. The number of fused-ring (bicyclic) bond motifs is 2. The summed E-state index contributed by atoms with van der Waals surface area (Å²) in [4.78, 5) is 16.9. The normalized spacial score (nSPS) is 21.4. The van der Waals surface area contributed by atoms with E-state index in [0.29, 0.717) is 44.2 Å². The number of aromatic nitrogens is 2. The first-order valence-corrected chi connectivity index (χ1v) is 15.1. The van der Waals surface area contributed by atoms with Crippen LogP contribution in [0, 0.1) is 17.1 Å². The summed E-state index contributed by atoms with van der Waals surface area (Å²) in [6.45, 7) is 9.68. The highest BCUT2D eigenvalue weighted by atomic mass is 35.5. The molecule has 2 aromatic carbocycles. The molecule has 0 unspecified atom stereocenters. The smallest absolute Gasteiger partial charge is 0.318 e. The highest BCUT2D eigenvalue weighted by Gasteiger charge is 2.31. The van der Waals surface area contributed by atoms with Crippen LogP contribution in [0.25, 0.3) is 10.8 Å². The molecule has 0 amide bonds. The van der Waals surface area contributed by atoms with Crippen LogP contribution in [0.4, 0.5) is 15.9 Å². The molecule has 0 aliphatic carbocycles. The Morgan fingerprint density at radius 2 is 2.05 bits per heavy atom. The van der Waals surface area contributed by atoms with E-state index in [0.717, 1.165) is 72.6 Å². The summed E-state index contributed by atoms with van der Waals surface area (Å²) in [6.07, 6.45) is 3.47. The summed E-state index contributed by atoms with van der Waals surface area (Å²) in [5.41, 5.74) is 2.94. The second-order valence-corrected chi connectivity index (χ2v) is 11.9. The molecule has 0 radical (unpaired) electrons. The van der Waals surface area contributed by atoms with E-state index >= 15 is 0 Å². The molecule has 2 atom stereocenters. The van der Waals surface area contributed by atoms with Crippen LogP contribution in [0.15, 0.2) is 30.3 Å². The van der Waals surface area contributed by atoms with E-state index in [9.17, 15) is 9.65 Å². The van der Waals surface area contributed by atoms with E-state index in [1.165, 1.54) is 12.5 Å². The Kier molecular flexibility index (Phi) is 8.16. The number of hydrogen-bond donors (Lipinski definition) is 1. The Hall–Kier alpha value is -3.19. The van der Waals surface area contributed by atoms with Gasteiger partial charge in [0.2, 0.25) is 0 Å². The maximum atomic E-state index is 14.5. The summed E-state index contributed by atoms with van der Waals surface area (Å²) in [5, 5.41) is 14.5. The van der Waals surface area contributed by atoms with Gasteiger partial charge in [-0.2, -0.15) is 15.2 Å². The molecule has 6 rings (SSSR count). The van der Waals surface area contributed by atoms with Crippen molar-refractivity contribution in [2.24, 2.45) is 0 Å². The van der Waals surface area contributed by atoms with E-state index in [-0.39, 0.29) is 11.1 Å². The van der Waals surface area contributed by atoms with Crippen molar-refractivity contribution in [3.8, 4) is 12.1 Å². The van der Waals surface area contributed by atoms with Crippen molar-refractivity contribution >= 4 is 33.9 Å². The summed E-state index contributed by atoms with van der Waals surface area (Å²) < 4.78 is 20.8. The minimum atomic E-state index is -0.419. The van der Waals surface area contributed by atoms with Gasteiger partial charge >= 0.3 is 6.01 Å². The third-order valence-corrected chi connectivity index (χ3v) is 9.03. The van der Waals surface area contributed by atoms with Gasteiger partial charge < -0.3 is 19.9 Å². The zero-order valence-corrected chi connectivity index (χ0v) is 24.5. The average molecular weight is 578 g/mol. The molecule has 2 saturated heterocycles. The van der Waals surface area contributed by atoms with Crippen LogP contribution in [-0.2, 0) is 13.0 Å². The number of anilines is 2. The number of piperazine rings is 1. The topological polar surface area (TPSA) is 80.5 Å². The summed E-state index contributed by atoms with van der Waals surface area (Å²) in [7, 11) is 0. The second-order valence-electron chi connectivity index (χ2n) is 11.6. The molecule has 10 heteroatoms. The molecule has 3 aliphatic heterocycles. The Labute approximate surface area is 246 Å². The standard InChI is InChI=1S/C31H37ClFN7O/c1-20(2)40-14-4-6-23(40)19-41-31-36-26-18-38(27-7-3-5-21-8-9-25(33)29(32)28(21)27)15-11-24(26)30(37-31)39-16-13-35-22(17-39)10-12-34/h3,5,7-9,20,22-23,35H,4,6,10-11,13-19H2,1-2H3/t22-,23-/m0/s1. The van der Waals surface area contributed by atoms with Gasteiger partial charge in [-0.1, -0.05) is 29.8 Å². The fraction of sp³-hybridized carbons (Fsp3) is 0.516. The van der Waals surface area contributed by atoms with Crippen molar-refractivity contribution in [3.05, 3.63) is 52.4 Å². The Balaban J connectivity index is 1.33. The molecule has 0 spiro atoms. The van der Waals surface area contributed by atoms with Gasteiger partial charge in [0, 0.05) is 60.9 Å². The number of likely N-dealkylation sites (tertiary alicyclic amines) is 1. The Bertz CT molecular complexity index is 1460. The van der Waals surface area contributed by atoms with Gasteiger partial charge in [0.05, 0.1) is 29.8 Å². The minimum Gasteiger partial charge on any atom is -0.462 e. The van der Waals surface area contributed by atoms with Crippen molar-refractivity contribution in [1.82, 2.24) is 20.2 Å². The van der Waals surface area contributed by atoms with E-state index < -0.39 is 5.82 Å². The SMILES string of the molecule is CC(C)N1CCC[C@H]1COc1nc2c(c(N3CCN[C@@H](CC#N)C3)n1)CCN(c1cccc3ccc(F)c(Cl)c13)C2. The molecule has 2 fully saturated rings. The molecule has 8 nitrogen and oxygen atoms in total. The molecular weight excluding hydrogens is 541 g/mol. The maximum Gasteiger partial charge on any atom is 0.318 e. The van der Waals surface area contributed by atoms with Crippen molar-refractivity contribution in [1.29, 1.82) is 5.26 Å². The molecule has 1 N–H and O–H groups in total. The number of hydrogen-bond acceptors (Lipinski definition) is 8. The molecule has 3 aliphatic rings. The van der Waals surface area contributed by atoms with Gasteiger partial charge in [-0.15, -0.1) is 0 Å². The number of benzene rings is 2. The first-order valence-electron chi connectivity index (χ1n) is 14.7. The van der Waals surface area contributed by atoms with E-state index in [4.69, 9.17) is 26.3 Å². The predicted molar refractivity (Wildman–Crippen MR) is 160 cm³/mol. The number of halogens is 2. The average Bonchev–Trinajstić information content (AvgIpc) is 3.46. The molecule has 1 aromatic heterocycles. The van der Waals surface area contributed by atoms with Crippen LogP contribution in [0.5, 0.6) is 6.01 Å². The molecule has 0 saturated carbocycles. The van der Waals surface area contributed by atoms with Gasteiger partial charge in [-0.3, -0.25) is 4.90 Å². The van der Waals surface area contributed by atoms with Crippen molar-refractivity contribution in [2.75, 3.05) is 49.1 Å². The molecule has 4 heterocycles. The van der Waals surface area contributed by atoms with Gasteiger partial charge in [-0.05, 0) is 57.2 Å². The lowest BCUT2D eigenvalue weighted by Crippen LogP contribution is -2.51. The van der Waals surface area contributed by atoms with E-state index in [2.05, 4.69) is 39.9 Å². The third kappa shape index (κ3) is 5.66. The van der Waals surface area contributed by atoms with Crippen LogP contribution in [0.2, 0.25) is 5.02 Å². The van der Waals surface area contributed by atoms with E-state index in [1.807, 2.05) is 18.2 Å². The molecule has 3 aromatic rings. The third-order valence-electron chi connectivity index (χ3n) is 8.66. The van der Waals surface area contributed by atoms with Crippen LogP contribution >= 0.6 is 11.6 Å². The van der Waals surface area contributed by atoms with Crippen molar-refractivity contribution in [3.63, 3.8) is 0 Å².